The monoisotopic (exact) mass is 256 g/mol. The summed E-state index contributed by atoms with van der Waals surface area (Å²) in [6.45, 7) is 11.2. The van der Waals surface area contributed by atoms with E-state index in [-0.39, 0.29) is 5.97 Å². The molecule has 0 spiro atoms. The lowest BCUT2D eigenvalue weighted by atomic mass is 9.92. The molecule has 18 heavy (non-hydrogen) atoms. The summed E-state index contributed by atoms with van der Waals surface area (Å²) >= 11 is 0. The number of nitrogens with zero attached hydrogens (tertiary/aromatic N) is 1. The van der Waals surface area contributed by atoms with E-state index in [0.717, 1.165) is 19.6 Å². The van der Waals surface area contributed by atoms with Crippen LogP contribution in [0.2, 0.25) is 0 Å². The van der Waals surface area contributed by atoms with Crippen molar-refractivity contribution in [1.82, 2.24) is 10.2 Å². The second-order valence-corrected chi connectivity index (χ2v) is 6.19. The van der Waals surface area contributed by atoms with Gasteiger partial charge in [0.05, 0.1) is 12.5 Å². The van der Waals surface area contributed by atoms with Crippen LogP contribution >= 0.6 is 0 Å². The maximum Gasteiger partial charge on any atom is 0.312 e. The molecular formula is C14H28N2O2. The molecule has 106 valence electrons. The average molecular weight is 256 g/mol. The molecule has 0 bridgehead atoms. The topological polar surface area (TPSA) is 41.6 Å². The van der Waals surface area contributed by atoms with Crippen molar-refractivity contribution in [2.24, 2.45) is 5.41 Å². The molecule has 1 rings (SSSR count). The van der Waals surface area contributed by atoms with Gasteiger partial charge in [0.2, 0.25) is 0 Å². The summed E-state index contributed by atoms with van der Waals surface area (Å²) in [5.74, 6) is -0.132. The van der Waals surface area contributed by atoms with E-state index in [4.69, 9.17) is 4.74 Å². The van der Waals surface area contributed by atoms with Crippen LogP contribution in [0.4, 0.5) is 0 Å². The van der Waals surface area contributed by atoms with Crippen LogP contribution in [0, 0.1) is 5.41 Å². The highest BCUT2D eigenvalue weighted by molar-refractivity contribution is 5.76. The molecule has 1 saturated heterocycles. The lowest BCUT2D eigenvalue weighted by Crippen LogP contribution is -2.47. The maximum absolute atomic E-state index is 11.8. The molecule has 0 aliphatic carbocycles. The van der Waals surface area contributed by atoms with E-state index in [0.29, 0.717) is 12.1 Å². The first-order valence-corrected chi connectivity index (χ1v) is 6.92. The molecule has 1 heterocycles. The molecule has 0 aromatic rings. The van der Waals surface area contributed by atoms with Gasteiger partial charge in [-0.25, -0.2) is 0 Å². The minimum Gasteiger partial charge on any atom is -0.469 e. The fraction of sp³-hybridized carbons (Fsp3) is 0.929. The quantitative estimate of drug-likeness (QED) is 0.734. The van der Waals surface area contributed by atoms with Crippen LogP contribution in [0.5, 0.6) is 0 Å². The Bertz CT molecular complexity index is 271. The highest BCUT2D eigenvalue weighted by atomic mass is 16.5. The van der Waals surface area contributed by atoms with Crippen molar-refractivity contribution in [2.75, 3.05) is 26.7 Å². The molecular weight excluding hydrogens is 228 g/mol. The van der Waals surface area contributed by atoms with Crippen molar-refractivity contribution in [1.29, 1.82) is 0 Å². The first-order valence-electron chi connectivity index (χ1n) is 6.92. The fourth-order valence-corrected chi connectivity index (χ4v) is 2.50. The van der Waals surface area contributed by atoms with Gasteiger partial charge in [-0.2, -0.15) is 0 Å². The predicted molar refractivity (Wildman–Crippen MR) is 73.5 cm³/mol. The van der Waals surface area contributed by atoms with Crippen molar-refractivity contribution >= 4 is 5.97 Å². The Morgan fingerprint density at radius 2 is 2.17 bits per heavy atom. The van der Waals surface area contributed by atoms with Crippen LogP contribution < -0.4 is 5.32 Å². The van der Waals surface area contributed by atoms with Gasteiger partial charge >= 0.3 is 5.97 Å². The zero-order valence-corrected chi connectivity index (χ0v) is 12.5. The fourth-order valence-electron chi connectivity index (χ4n) is 2.50. The normalized spacial score (nSPS) is 20.7. The maximum atomic E-state index is 11.8. The van der Waals surface area contributed by atoms with Crippen molar-refractivity contribution in [2.45, 2.75) is 52.6 Å². The second kappa shape index (κ2) is 6.53. The van der Waals surface area contributed by atoms with E-state index in [1.54, 1.807) is 0 Å². The van der Waals surface area contributed by atoms with E-state index in [9.17, 15) is 4.79 Å². The number of hydrogen-bond donors (Lipinski definition) is 1. The molecule has 4 heteroatoms. The van der Waals surface area contributed by atoms with E-state index in [1.807, 2.05) is 13.8 Å². The third kappa shape index (κ3) is 4.25. The van der Waals surface area contributed by atoms with E-state index in [2.05, 4.69) is 24.1 Å². The number of carbonyl (C=O) groups is 1. The van der Waals surface area contributed by atoms with Gasteiger partial charge in [-0.15, -0.1) is 0 Å². The summed E-state index contributed by atoms with van der Waals surface area (Å²) in [5.41, 5.74) is -0.447. The summed E-state index contributed by atoms with van der Waals surface area (Å²) in [6.07, 6.45) is 2.50. The van der Waals surface area contributed by atoms with Gasteiger partial charge < -0.3 is 10.1 Å². The summed E-state index contributed by atoms with van der Waals surface area (Å²) in [5, 5.41) is 3.51. The Kier molecular flexibility index (Phi) is 5.60. The first kappa shape index (κ1) is 15.4. The molecule has 4 nitrogen and oxygen atoms in total. The van der Waals surface area contributed by atoms with Crippen molar-refractivity contribution in [3.63, 3.8) is 0 Å². The van der Waals surface area contributed by atoms with Crippen molar-refractivity contribution in [3.05, 3.63) is 0 Å². The molecule has 0 aromatic carbocycles. The summed E-state index contributed by atoms with van der Waals surface area (Å²) < 4.78 is 4.88. The molecule has 1 aliphatic rings. The SMILES string of the molecule is COC(=O)C(C)(C)CN(CC1CCCN1)C(C)C. The minimum atomic E-state index is -0.447. The lowest BCUT2D eigenvalue weighted by molar-refractivity contribution is -0.152. The van der Waals surface area contributed by atoms with Gasteiger partial charge in [-0.3, -0.25) is 9.69 Å². The Labute approximate surface area is 111 Å². The van der Waals surface area contributed by atoms with Gasteiger partial charge in [0, 0.05) is 25.2 Å². The highest BCUT2D eigenvalue weighted by Crippen LogP contribution is 2.21. The van der Waals surface area contributed by atoms with Crippen LogP contribution in [-0.2, 0) is 9.53 Å². The number of carbonyl (C=O) groups excluding carboxylic acids is 1. The summed E-state index contributed by atoms with van der Waals surface area (Å²) in [7, 11) is 1.46. The highest BCUT2D eigenvalue weighted by Gasteiger charge is 2.33. The van der Waals surface area contributed by atoms with Crippen LogP contribution in [0.15, 0.2) is 0 Å². The first-order chi connectivity index (χ1) is 8.36. The molecule has 0 amide bonds. The van der Waals surface area contributed by atoms with Gasteiger partial charge in [0.1, 0.15) is 0 Å². The second-order valence-electron chi connectivity index (χ2n) is 6.19. The number of esters is 1. The zero-order valence-electron chi connectivity index (χ0n) is 12.5. The number of nitrogens with one attached hydrogen (secondary N) is 1. The van der Waals surface area contributed by atoms with Gasteiger partial charge in [-0.1, -0.05) is 0 Å². The molecule has 0 radical (unpaired) electrons. The third-order valence-electron chi connectivity index (χ3n) is 3.68. The number of rotatable bonds is 6. The van der Waals surface area contributed by atoms with Crippen molar-refractivity contribution < 1.29 is 9.53 Å². The Morgan fingerprint density at radius 1 is 1.50 bits per heavy atom. The summed E-state index contributed by atoms with van der Waals surface area (Å²) in [6, 6.07) is 1.01. The van der Waals surface area contributed by atoms with Crippen LogP contribution in [-0.4, -0.2) is 49.7 Å². The Morgan fingerprint density at radius 3 is 2.61 bits per heavy atom. The van der Waals surface area contributed by atoms with Crippen LogP contribution in [0.25, 0.3) is 0 Å². The third-order valence-corrected chi connectivity index (χ3v) is 3.68. The smallest absolute Gasteiger partial charge is 0.312 e. The molecule has 1 atom stereocenters. The molecule has 0 aromatic heterocycles. The van der Waals surface area contributed by atoms with Gasteiger partial charge in [-0.05, 0) is 47.1 Å². The largest absolute Gasteiger partial charge is 0.469 e. The Hall–Kier alpha value is -0.610. The zero-order chi connectivity index (χ0) is 13.8. The van der Waals surface area contributed by atoms with E-state index >= 15 is 0 Å². The van der Waals surface area contributed by atoms with Gasteiger partial charge in [0.25, 0.3) is 0 Å². The number of ether oxygens (including phenoxy) is 1. The predicted octanol–water partition coefficient (Wildman–Crippen LogP) is 1.65. The van der Waals surface area contributed by atoms with E-state index in [1.165, 1.54) is 20.0 Å². The van der Waals surface area contributed by atoms with E-state index < -0.39 is 5.41 Å². The minimum absolute atomic E-state index is 0.132. The lowest BCUT2D eigenvalue weighted by Gasteiger charge is -2.35. The molecule has 1 aliphatic heterocycles. The summed E-state index contributed by atoms with van der Waals surface area (Å²) in [4.78, 5) is 14.1. The molecule has 0 saturated carbocycles. The number of methoxy groups -OCH3 is 1. The van der Waals surface area contributed by atoms with Crippen molar-refractivity contribution in [3.8, 4) is 0 Å². The molecule has 1 N–H and O–H groups in total. The molecule has 1 fully saturated rings. The van der Waals surface area contributed by atoms with Crippen LogP contribution in [0.3, 0.4) is 0 Å². The van der Waals surface area contributed by atoms with Crippen LogP contribution in [0.1, 0.15) is 40.5 Å². The standard InChI is InChI=1S/C14H28N2O2/c1-11(2)16(9-12-7-6-8-15-12)10-14(3,4)13(17)18-5/h11-12,15H,6-10H2,1-5H3. The Balaban J connectivity index is 2.58. The number of hydrogen-bond acceptors (Lipinski definition) is 4. The average Bonchev–Trinajstić information content (AvgIpc) is 2.79. The molecule has 1 unspecified atom stereocenters. The van der Waals surface area contributed by atoms with Gasteiger partial charge in [0.15, 0.2) is 0 Å².